The van der Waals surface area contributed by atoms with E-state index in [0.29, 0.717) is 26.1 Å². The molecule has 1 aromatic rings. The van der Waals surface area contributed by atoms with Gasteiger partial charge in [0, 0.05) is 31.3 Å². The summed E-state index contributed by atoms with van der Waals surface area (Å²) in [6.07, 6.45) is 0.459. The Morgan fingerprint density at radius 3 is 2.75 bits per heavy atom. The monoisotopic (exact) mass is 280 g/mol. The van der Waals surface area contributed by atoms with Crippen molar-refractivity contribution in [2.75, 3.05) is 27.3 Å². The SMILES string of the molecule is COc1ccc(CN2CCC(N)(C(=O)O)C2)c(OC)c1. The highest BCUT2D eigenvalue weighted by Gasteiger charge is 2.41. The fourth-order valence-electron chi connectivity index (χ4n) is 2.45. The quantitative estimate of drug-likeness (QED) is 0.825. The summed E-state index contributed by atoms with van der Waals surface area (Å²) in [6, 6.07) is 5.61. The van der Waals surface area contributed by atoms with Crippen molar-refractivity contribution in [3.63, 3.8) is 0 Å². The zero-order valence-corrected chi connectivity index (χ0v) is 11.8. The van der Waals surface area contributed by atoms with Gasteiger partial charge in [-0.2, -0.15) is 0 Å². The highest BCUT2D eigenvalue weighted by molar-refractivity contribution is 5.79. The molecule has 110 valence electrons. The number of hydrogen-bond acceptors (Lipinski definition) is 5. The first-order valence-electron chi connectivity index (χ1n) is 6.44. The molecular formula is C14H20N2O4. The lowest BCUT2D eigenvalue weighted by atomic mass is 10.0. The number of ether oxygens (including phenoxy) is 2. The maximum atomic E-state index is 11.1. The number of nitrogens with two attached hydrogens (primary N) is 1. The molecule has 0 amide bonds. The molecule has 1 aliphatic rings. The standard InChI is InChI=1S/C14H20N2O4/c1-19-11-4-3-10(12(7-11)20-2)8-16-6-5-14(15,9-16)13(17)18/h3-4,7H,5-6,8-9,15H2,1-2H3,(H,17,18). The molecule has 3 N–H and O–H groups in total. The van der Waals surface area contributed by atoms with Crippen molar-refractivity contribution in [1.29, 1.82) is 0 Å². The van der Waals surface area contributed by atoms with Gasteiger partial charge in [-0.1, -0.05) is 6.07 Å². The summed E-state index contributed by atoms with van der Waals surface area (Å²) < 4.78 is 10.5. The lowest BCUT2D eigenvalue weighted by Gasteiger charge is -2.21. The molecule has 20 heavy (non-hydrogen) atoms. The normalized spacial score (nSPS) is 22.8. The van der Waals surface area contributed by atoms with Crippen molar-refractivity contribution in [2.24, 2.45) is 5.73 Å². The first kappa shape index (κ1) is 14.6. The molecule has 2 rings (SSSR count). The number of benzene rings is 1. The third kappa shape index (κ3) is 2.86. The molecule has 0 radical (unpaired) electrons. The van der Waals surface area contributed by atoms with E-state index >= 15 is 0 Å². The van der Waals surface area contributed by atoms with E-state index in [1.807, 2.05) is 23.1 Å². The van der Waals surface area contributed by atoms with E-state index in [9.17, 15) is 4.79 Å². The second kappa shape index (κ2) is 5.68. The zero-order valence-electron chi connectivity index (χ0n) is 11.8. The number of hydrogen-bond donors (Lipinski definition) is 2. The highest BCUT2D eigenvalue weighted by atomic mass is 16.5. The van der Waals surface area contributed by atoms with E-state index in [1.165, 1.54) is 0 Å². The van der Waals surface area contributed by atoms with Crippen LogP contribution in [0.2, 0.25) is 0 Å². The van der Waals surface area contributed by atoms with Crippen LogP contribution in [0, 0.1) is 0 Å². The molecule has 1 unspecified atom stereocenters. The molecule has 0 spiro atoms. The third-order valence-corrected chi connectivity index (χ3v) is 3.69. The largest absolute Gasteiger partial charge is 0.497 e. The Hall–Kier alpha value is -1.79. The van der Waals surface area contributed by atoms with Gasteiger partial charge in [-0.25, -0.2) is 0 Å². The highest BCUT2D eigenvalue weighted by Crippen LogP contribution is 2.28. The molecule has 1 heterocycles. The Kier molecular flexibility index (Phi) is 4.15. The Labute approximate surface area is 118 Å². The van der Waals surface area contributed by atoms with E-state index in [0.717, 1.165) is 17.1 Å². The number of carboxylic acid groups (broad SMARTS) is 1. The van der Waals surface area contributed by atoms with Gasteiger partial charge < -0.3 is 20.3 Å². The average Bonchev–Trinajstić information content (AvgIpc) is 2.82. The lowest BCUT2D eigenvalue weighted by molar-refractivity contribution is -0.142. The van der Waals surface area contributed by atoms with Crippen molar-refractivity contribution in [3.8, 4) is 11.5 Å². The zero-order chi connectivity index (χ0) is 14.8. The molecule has 6 heteroatoms. The predicted octanol–water partition coefficient (Wildman–Crippen LogP) is 0.692. The van der Waals surface area contributed by atoms with Crippen LogP contribution in [0.1, 0.15) is 12.0 Å². The molecule has 1 aromatic carbocycles. The van der Waals surface area contributed by atoms with E-state index in [1.54, 1.807) is 14.2 Å². The number of carboxylic acids is 1. The molecule has 1 atom stereocenters. The van der Waals surface area contributed by atoms with Gasteiger partial charge in [0.15, 0.2) is 0 Å². The molecule has 0 saturated carbocycles. The van der Waals surface area contributed by atoms with Crippen molar-refractivity contribution >= 4 is 5.97 Å². The Balaban J connectivity index is 2.10. The minimum atomic E-state index is -1.14. The van der Waals surface area contributed by atoms with Crippen LogP contribution in [0.5, 0.6) is 11.5 Å². The van der Waals surface area contributed by atoms with Crippen molar-refractivity contribution in [3.05, 3.63) is 23.8 Å². The van der Waals surface area contributed by atoms with Crippen LogP contribution in [-0.4, -0.2) is 48.8 Å². The second-order valence-corrected chi connectivity index (χ2v) is 5.10. The Morgan fingerprint density at radius 2 is 2.20 bits per heavy atom. The number of likely N-dealkylation sites (tertiary alicyclic amines) is 1. The summed E-state index contributed by atoms with van der Waals surface area (Å²) in [5.74, 6) is 0.515. The molecule has 1 saturated heterocycles. The predicted molar refractivity (Wildman–Crippen MR) is 74.0 cm³/mol. The van der Waals surface area contributed by atoms with Crippen LogP contribution in [0.3, 0.4) is 0 Å². The van der Waals surface area contributed by atoms with Crippen LogP contribution in [0.25, 0.3) is 0 Å². The summed E-state index contributed by atoms with van der Waals surface area (Å²) in [7, 11) is 3.21. The summed E-state index contributed by atoms with van der Waals surface area (Å²) in [4.78, 5) is 13.2. The fraction of sp³-hybridized carbons (Fsp3) is 0.500. The van der Waals surface area contributed by atoms with Crippen LogP contribution in [0.15, 0.2) is 18.2 Å². The first-order chi connectivity index (χ1) is 9.48. The van der Waals surface area contributed by atoms with Gasteiger partial charge in [-0.15, -0.1) is 0 Å². The fourth-order valence-corrected chi connectivity index (χ4v) is 2.45. The van der Waals surface area contributed by atoms with Crippen LogP contribution >= 0.6 is 0 Å². The molecule has 0 bridgehead atoms. The summed E-state index contributed by atoms with van der Waals surface area (Å²) >= 11 is 0. The van der Waals surface area contributed by atoms with E-state index in [4.69, 9.17) is 20.3 Å². The minimum Gasteiger partial charge on any atom is -0.497 e. The van der Waals surface area contributed by atoms with Crippen molar-refractivity contribution in [2.45, 2.75) is 18.5 Å². The second-order valence-electron chi connectivity index (χ2n) is 5.10. The van der Waals surface area contributed by atoms with E-state index < -0.39 is 11.5 Å². The van der Waals surface area contributed by atoms with Gasteiger partial charge in [0.25, 0.3) is 0 Å². The maximum absolute atomic E-state index is 11.1. The van der Waals surface area contributed by atoms with E-state index in [2.05, 4.69) is 0 Å². The summed E-state index contributed by atoms with van der Waals surface area (Å²) in [5, 5.41) is 9.13. The van der Waals surface area contributed by atoms with Gasteiger partial charge in [0.2, 0.25) is 0 Å². The maximum Gasteiger partial charge on any atom is 0.325 e. The van der Waals surface area contributed by atoms with Crippen LogP contribution < -0.4 is 15.2 Å². The van der Waals surface area contributed by atoms with Gasteiger partial charge >= 0.3 is 5.97 Å². The molecule has 0 aliphatic carbocycles. The van der Waals surface area contributed by atoms with Crippen molar-refractivity contribution < 1.29 is 19.4 Å². The van der Waals surface area contributed by atoms with Gasteiger partial charge in [-0.3, -0.25) is 9.69 Å². The number of methoxy groups -OCH3 is 2. The average molecular weight is 280 g/mol. The molecule has 1 aliphatic heterocycles. The number of carbonyl (C=O) groups is 1. The first-order valence-corrected chi connectivity index (χ1v) is 6.44. The van der Waals surface area contributed by atoms with Gasteiger partial charge in [0.05, 0.1) is 14.2 Å². The van der Waals surface area contributed by atoms with Gasteiger partial charge in [-0.05, 0) is 12.5 Å². The Bertz CT molecular complexity index is 506. The lowest BCUT2D eigenvalue weighted by Crippen LogP contribution is -2.50. The smallest absolute Gasteiger partial charge is 0.325 e. The number of nitrogens with zero attached hydrogens (tertiary/aromatic N) is 1. The molecule has 0 aromatic heterocycles. The van der Waals surface area contributed by atoms with Crippen LogP contribution in [0.4, 0.5) is 0 Å². The Morgan fingerprint density at radius 1 is 1.45 bits per heavy atom. The minimum absolute atomic E-state index is 0.345. The van der Waals surface area contributed by atoms with Crippen LogP contribution in [-0.2, 0) is 11.3 Å². The molecule has 6 nitrogen and oxygen atoms in total. The summed E-state index contributed by atoms with van der Waals surface area (Å²) in [6.45, 7) is 1.62. The number of rotatable bonds is 5. The third-order valence-electron chi connectivity index (χ3n) is 3.69. The summed E-state index contributed by atoms with van der Waals surface area (Å²) in [5.41, 5.74) is 5.72. The van der Waals surface area contributed by atoms with Crippen molar-refractivity contribution in [1.82, 2.24) is 4.90 Å². The molecule has 1 fully saturated rings. The topological polar surface area (TPSA) is 85.0 Å². The van der Waals surface area contributed by atoms with Gasteiger partial charge in [0.1, 0.15) is 17.0 Å². The number of aliphatic carboxylic acids is 1. The van der Waals surface area contributed by atoms with E-state index in [-0.39, 0.29) is 0 Å². The molecular weight excluding hydrogens is 260 g/mol.